The van der Waals surface area contributed by atoms with Gasteiger partial charge in [0, 0.05) is 25.6 Å². The first-order chi connectivity index (χ1) is 13.0. The molecule has 2 fully saturated rings. The smallest absolute Gasteiger partial charge is 0.243 e. The summed E-state index contributed by atoms with van der Waals surface area (Å²) in [6, 6.07) is 11.2. The molecule has 0 amide bonds. The molecular weight excluding hydrogens is 364 g/mol. The van der Waals surface area contributed by atoms with Crippen molar-refractivity contribution in [2.75, 3.05) is 26.3 Å². The topological polar surface area (TPSA) is 71.8 Å². The molecule has 2 unspecified atom stereocenters. The first kappa shape index (κ1) is 18.7. The summed E-state index contributed by atoms with van der Waals surface area (Å²) in [7, 11) is -3.43. The van der Waals surface area contributed by atoms with Gasteiger partial charge in [-0.25, -0.2) is 8.42 Å². The lowest BCUT2D eigenvalue weighted by Gasteiger charge is -2.26. The van der Waals surface area contributed by atoms with Gasteiger partial charge in [0.25, 0.3) is 0 Å². The minimum atomic E-state index is -3.43. The molecule has 2 atom stereocenters. The average molecular weight is 391 g/mol. The quantitative estimate of drug-likeness (QED) is 0.787. The summed E-state index contributed by atoms with van der Waals surface area (Å²) in [5, 5.41) is 3.35. The first-order valence-electron chi connectivity index (χ1n) is 9.50. The van der Waals surface area contributed by atoms with Crippen LogP contribution in [0.1, 0.15) is 36.3 Å². The van der Waals surface area contributed by atoms with Gasteiger partial charge >= 0.3 is 0 Å². The molecule has 1 aromatic carbocycles. The van der Waals surface area contributed by atoms with Crippen molar-refractivity contribution in [2.45, 2.75) is 37.2 Å². The SMILES string of the molecule is CC1CC1c1ccc(CNCc2ccc(S(=O)(=O)N3CCOCC3)cc2)o1. The molecule has 27 heavy (non-hydrogen) atoms. The highest BCUT2D eigenvalue weighted by Gasteiger charge is 2.36. The van der Waals surface area contributed by atoms with Gasteiger partial charge in [-0.2, -0.15) is 4.31 Å². The van der Waals surface area contributed by atoms with Gasteiger partial charge in [-0.15, -0.1) is 0 Å². The number of sulfonamides is 1. The third kappa shape index (κ3) is 4.27. The normalized spacial score (nSPS) is 23.4. The largest absolute Gasteiger partial charge is 0.464 e. The van der Waals surface area contributed by atoms with E-state index in [1.54, 1.807) is 12.1 Å². The molecule has 1 aromatic heterocycles. The van der Waals surface area contributed by atoms with Crippen LogP contribution in [-0.2, 0) is 27.8 Å². The maximum absolute atomic E-state index is 12.6. The summed E-state index contributed by atoms with van der Waals surface area (Å²) in [5.41, 5.74) is 1.04. The molecule has 0 radical (unpaired) electrons. The van der Waals surface area contributed by atoms with E-state index in [0.29, 0.717) is 50.2 Å². The maximum Gasteiger partial charge on any atom is 0.243 e. The van der Waals surface area contributed by atoms with E-state index in [9.17, 15) is 8.42 Å². The maximum atomic E-state index is 12.6. The fourth-order valence-corrected chi connectivity index (χ4v) is 4.86. The van der Waals surface area contributed by atoms with Crippen molar-refractivity contribution in [1.82, 2.24) is 9.62 Å². The lowest BCUT2D eigenvalue weighted by Crippen LogP contribution is -2.40. The molecule has 1 aliphatic carbocycles. The molecule has 0 bridgehead atoms. The second-order valence-electron chi connectivity index (χ2n) is 7.39. The van der Waals surface area contributed by atoms with Crippen LogP contribution < -0.4 is 5.32 Å². The van der Waals surface area contributed by atoms with Crippen LogP contribution in [0, 0.1) is 5.92 Å². The van der Waals surface area contributed by atoms with Gasteiger partial charge in [0.05, 0.1) is 24.7 Å². The summed E-state index contributed by atoms with van der Waals surface area (Å²) in [5.74, 6) is 3.37. The Morgan fingerprint density at radius 3 is 2.44 bits per heavy atom. The van der Waals surface area contributed by atoms with Crippen molar-refractivity contribution in [3.8, 4) is 0 Å². The van der Waals surface area contributed by atoms with Crippen LogP contribution in [0.2, 0.25) is 0 Å². The Balaban J connectivity index is 1.30. The number of hydrogen-bond donors (Lipinski definition) is 1. The number of hydrogen-bond acceptors (Lipinski definition) is 5. The number of rotatable bonds is 7. The van der Waals surface area contributed by atoms with Crippen LogP contribution in [0.5, 0.6) is 0 Å². The minimum absolute atomic E-state index is 0.336. The van der Waals surface area contributed by atoms with Crippen LogP contribution >= 0.6 is 0 Å². The third-order valence-electron chi connectivity index (χ3n) is 5.32. The highest BCUT2D eigenvalue weighted by Crippen LogP contribution is 2.47. The predicted octanol–water partition coefficient (Wildman–Crippen LogP) is 2.71. The van der Waals surface area contributed by atoms with Crippen LogP contribution in [0.15, 0.2) is 45.7 Å². The van der Waals surface area contributed by atoms with Gasteiger partial charge < -0.3 is 14.5 Å². The number of furan rings is 1. The Bertz CT molecular complexity index is 870. The summed E-state index contributed by atoms with van der Waals surface area (Å²) < 4.78 is 37.9. The van der Waals surface area contributed by atoms with Gasteiger partial charge in [0.15, 0.2) is 0 Å². The average Bonchev–Trinajstić information content (AvgIpc) is 3.23. The van der Waals surface area contributed by atoms with E-state index in [-0.39, 0.29) is 0 Å². The van der Waals surface area contributed by atoms with Gasteiger partial charge in [0.1, 0.15) is 11.5 Å². The lowest BCUT2D eigenvalue weighted by molar-refractivity contribution is 0.0730. The fraction of sp³-hybridized carbons (Fsp3) is 0.500. The zero-order chi connectivity index (χ0) is 18.9. The van der Waals surface area contributed by atoms with E-state index in [0.717, 1.165) is 23.0 Å². The van der Waals surface area contributed by atoms with Crippen molar-refractivity contribution in [3.63, 3.8) is 0 Å². The summed E-state index contributed by atoms with van der Waals surface area (Å²) >= 11 is 0. The van der Waals surface area contributed by atoms with Gasteiger partial charge in [-0.3, -0.25) is 0 Å². The zero-order valence-electron chi connectivity index (χ0n) is 15.6. The molecule has 1 N–H and O–H groups in total. The van der Waals surface area contributed by atoms with E-state index in [1.165, 1.54) is 10.7 Å². The molecule has 6 nitrogen and oxygen atoms in total. The molecule has 1 saturated carbocycles. The Labute approximate surface area is 160 Å². The van der Waals surface area contributed by atoms with Crippen molar-refractivity contribution in [3.05, 3.63) is 53.5 Å². The number of nitrogens with zero attached hydrogens (tertiary/aromatic N) is 1. The molecule has 2 aliphatic rings. The van der Waals surface area contributed by atoms with E-state index in [4.69, 9.17) is 9.15 Å². The van der Waals surface area contributed by atoms with E-state index in [2.05, 4.69) is 18.3 Å². The van der Waals surface area contributed by atoms with Gasteiger partial charge in [-0.05, 0) is 42.2 Å². The molecule has 7 heteroatoms. The Morgan fingerprint density at radius 2 is 1.78 bits per heavy atom. The standard InChI is InChI=1S/C20H26N2O4S/c1-15-12-19(15)20-7-4-17(26-20)14-21-13-16-2-5-18(6-3-16)27(23,24)22-8-10-25-11-9-22/h2-7,15,19,21H,8-14H2,1H3. The van der Waals surface area contributed by atoms with E-state index < -0.39 is 10.0 Å². The monoisotopic (exact) mass is 390 g/mol. The summed E-state index contributed by atoms with van der Waals surface area (Å²) in [4.78, 5) is 0.336. The van der Waals surface area contributed by atoms with Crippen LogP contribution in [-0.4, -0.2) is 39.0 Å². The van der Waals surface area contributed by atoms with Crippen LogP contribution in [0.25, 0.3) is 0 Å². The number of nitrogens with one attached hydrogen (secondary N) is 1. The van der Waals surface area contributed by atoms with Crippen molar-refractivity contribution >= 4 is 10.0 Å². The fourth-order valence-electron chi connectivity index (χ4n) is 3.45. The minimum Gasteiger partial charge on any atom is -0.464 e. The van der Waals surface area contributed by atoms with Crippen molar-refractivity contribution < 1.29 is 17.6 Å². The summed E-state index contributed by atoms with van der Waals surface area (Å²) in [6.45, 7) is 5.30. The third-order valence-corrected chi connectivity index (χ3v) is 7.23. The molecule has 0 spiro atoms. The number of ether oxygens (including phenoxy) is 1. The predicted molar refractivity (Wildman–Crippen MR) is 102 cm³/mol. The highest BCUT2D eigenvalue weighted by atomic mass is 32.2. The second-order valence-corrected chi connectivity index (χ2v) is 9.33. The van der Waals surface area contributed by atoms with Crippen LogP contribution in [0.3, 0.4) is 0 Å². The van der Waals surface area contributed by atoms with Gasteiger partial charge in [0.2, 0.25) is 10.0 Å². The first-order valence-corrected chi connectivity index (χ1v) is 10.9. The molecule has 146 valence electrons. The summed E-state index contributed by atoms with van der Waals surface area (Å²) in [6.07, 6.45) is 1.22. The molecule has 1 saturated heterocycles. The van der Waals surface area contributed by atoms with Crippen molar-refractivity contribution in [1.29, 1.82) is 0 Å². The molecule has 4 rings (SSSR count). The Morgan fingerprint density at radius 1 is 1.07 bits per heavy atom. The van der Waals surface area contributed by atoms with Crippen LogP contribution in [0.4, 0.5) is 0 Å². The molecule has 1 aliphatic heterocycles. The lowest BCUT2D eigenvalue weighted by atomic mass is 10.2. The number of benzene rings is 1. The highest BCUT2D eigenvalue weighted by molar-refractivity contribution is 7.89. The van der Waals surface area contributed by atoms with E-state index in [1.807, 2.05) is 18.2 Å². The molecule has 2 heterocycles. The molecule has 2 aromatic rings. The van der Waals surface area contributed by atoms with Gasteiger partial charge in [-0.1, -0.05) is 19.1 Å². The second kappa shape index (κ2) is 7.75. The molecular formula is C20H26N2O4S. The van der Waals surface area contributed by atoms with E-state index >= 15 is 0 Å². The number of morpholine rings is 1. The Kier molecular flexibility index (Phi) is 5.36. The zero-order valence-corrected chi connectivity index (χ0v) is 16.4. The van der Waals surface area contributed by atoms with Crippen molar-refractivity contribution in [2.24, 2.45) is 5.92 Å². The Hall–Kier alpha value is -1.67.